The molecule has 0 aliphatic rings. The van der Waals surface area contributed by atoms with Crippen LogP contribution >= 0.6 is 0 Å². The van der Waals surface area contributed by atoms with Crippen molar-refractivity contribution in [1.29, 1.82) is 0 Å². The van der Waals surface area contributed by atoms with Gasteiger partial charge in [0.15, 0.2) is 5.96 Å². The summed E-state index contributed by atoms with van der Waals surface area (Å²) in [5.74, 6) is 0.384. The number of nitrogens with one attached hydrogen (secondary N) is 1. The van der Waals surface area contributed by atoms with E-state index in [0.717, 1.165) is 23.4 Å². The minimum Gasteiger partial charge on any atom is -0.369 e. The number of guanidine groups is 1. The monoisotopic (exact) mass is 329 g/mol. The van der Waals surface area contributed by atoms with Gasteiger partial charge in [-0.1, -0.05) is 55.5 Å². The molecule has 0 radical (unpaired) electrons. The van der Waals surface area contributed by atoms with Crippen molar-refractivity contribution in [3.8, 4) is 11.1 Å². The van der Waals surface area contributed by atoms with Crippen LogP contribution in [0.5, 0.6) is 0 Å². The van der Waals surface area contributed by atoms with Crippen LogP contribution in [0.2, 0.25) is 0 Å². The Balaban J connectivity index is 1.83. The van der Waals surface area contributed by atoms with Gasteiger partial charge in [-0.15, -0.1) is 0 Å². The Labute approximate surface area is 149 Å². The minimum atomic E-state index is 0.384. The van der Waals surface area contributed by atoms with Crippen LogP contribution in [-0.2, 0) is 6.42 Å². The second kappa shape index (κ2) is 7.67. The van der Waals surface area contributed by atoms with E-state index < -0.39 is 0 Å². The molecular formula is C22H23N3. The molecule has 3 nitrogen and oxygen atoms in total. The molecule has 0 spiro atoms. The Morgan fingerprint density at radius 1 is 0.960 bits per heavy atom. The Hall–Kier alpha value is -3.07. The predicted octanol–water partition coefficient (Wildman–Crippen LogP) is 5.28. The van der Waals surface area contributed by atoms with Crippen LogP contribution in [0.4, 0.5) is 11.4 Å². The number of aliphatic imine (C=N–C) groups is 1. The van der Waals surface area contributed by atoms with Gasteiger partial charge >= 0.3 is 0 Å². The van der Waals surface area contributed by atoms with Gasteiger partial charge in [-0.25, -0.2) is 4.99 Å². The number of aryl methyl sites for hydroxylation is 2. The van der Waals surface area contributed by atoms with E-state index in [1.54, 1.807) is 0 Å². The predicted molar refractivity (Wildman–Crippen MR) is 107 cm³/mol. The number of nitrogens with two attached hydrogens (primary N) is 1. The smallest absolute Gasteiger partial charge is 0.198 e. The molecule has 0 saturated heterocycles. The topological polar surface area (TPSA) is 50.4 Å². The Morgan fingerprint density at radius 2 is 1.76 bits per heavy atom. The first kappa shape index (κ1) is 16.8. The summed E-state index contributed by atoms with van der Waals surface area (Å²) in [5, 5.41) is 3.16. The lowest BCUT2D eigenvalue weighted by atomic mass is 10.0. The molecule has 3 aromatic rings. The van der Waals surface area contributed by atoms with E-state index in [0.29, 0.717) is 5.96 Å². The van der Waals surface area contributed by atoms with Gasteiger partial charge in [0.1, 0.15) is 0 Å². The standard InChI is InChI=1S/C22H23N3/c1-3-17-9-6-11-19(14-17)24-22(23)25-20-12-7-10-18(15-20)21-13-5-4-8-16(21)2/h4-15H,3H2,1-2H3,(H3,23,24,25). The fraction of sp³-hybridized carbons (Fsp3) is 0.136. The third-order valence-corrected chi connectivity index (χ3v) is 4.16. The second-order valence-electron chi connectivity index (χ2n) is 6.04. The molecule has 0 amide bonds. The van der Waals surface area contributed by atoms with Crippen molar-refractivity contribution in [2.75, 3.05) is 5.32 Å². The molecule has 0 fully saturated rings. The van der Waals surface area contributed by atoms with E-state index in [1.807, 2.05) is 30.3 Å². The molecule has 25 heavy (non-hydrogen) atoms. The molecule has 0 aromatic heterocycles. The van der Waals surface area contributed by atoms with E-state index in [2.05, 4.69) is 66.6 Å². The van der Waals surface area contributed by atoms with Gasteiger partial charge < -0.3 is 11.1 Å². The highest BCUT2D eigenvalue weighted by Crippen LogP contribution is 2.26. The van der Waals surface area contributed by atoms with Gasteiger partial charge in [-0.2, -0.15) is 0 Å². The number of benzene rings is 3. The lowest BCUT2D eigenvalue weighted by Crippen LogP contribution is -2.21. The third-order valence-electron chi connectivity index (χ3n) is 4.16. The highest BCUT2D eigenvalue weighted by molar-refractivity contribution is 5.94. The summed E-state index contributed by atoms with van der Waals surface area (Å²) in [6.45, 7) is 4.25. The third kappa shape index (κ3) is 4.27. The normalized spacial score (nSPS) is 11.4. The zero-order valence-corrected chi connectivity index (χ0v) is 14.7. The number of nitrogens with zero attached hydrogens (tertiary/aromatic N) is 1. The summed E-state index contributed by atoms with van der Waals surface area (Å²) in [6, 6.07) is 24.6. The quantitative estimate of drug-likeness (QED) is 0.505. The second-order valence-corrected chi connectivity index (χ2v) is 6.04. The Bertz CT molecular complexity index is 897. The Kier molecular flexibility index (Phi) is 5.14. The van der Waals surface area contributed by atoms with E-state index >= 15 is 0 Å². The van der Waals surface area contributed by atoms with Crippen molar-refractivity contribution in [1.82, 2.24) is 0 Å². The molecule has 126 valence electrons. The number of hydrogen-bond donors (Lipinski definition) is 2. The fourth-order valence-electron chi connectivity index (χ4n) is 2.82. The summed E-state index contributed by atoms with van der Waals surface area (Å²) >= 11 is 0. The average molecular weight is 329 g/mol. The summed E-state index contributed by atoms with van der Waals surface area (Å²) in [7, 11) is 0. The number of anilines is 1. The van der Waals surface area contributed by atoms with Gasteiger partial charge in [0.2, 0.25) is 0 Å². The van der Waals surface area contributed by atoms with Crippen LogP contribution < -0.4 is 11.1 Å². The molecule has 3 heteroatoms. The maximum Gasteiger partial charge on any atom is 0.198 e. The molecule has 0 aliphatic heterocycles. The average Bonchev–Trinajstić information content (AvgIpc) is 2.62. The molecule has 3 aromatic carbocycles. The summed E-state index contributed by atoms with van der Waals surface area (Å²) < 4.78 is 0. The zero-order valence-electron chi connectivity index (χ0n) is 14.7. The molecule has 0 heterocycles. The van der Waals surface area contributed by atoms with Crippen molar-refractivity contribution in [3.05, 3.63) is 83.9 Å². The van der Waals surface area contributed by atoms with Crippen LogP contribution in [0.25, 0.3) is 11.1 Å². The van der Waals surface area contributed by atoms with Crippen LogP contribution in [0.15, 0.2) is 77.8 Å². The van der Waals surface area contributed by atoms with Crippen molar-refractivity contribution in [2.24, 2.45) is 10.7 Å². The molecule has 0 bridgehead atoms. The van der Waals surface area contributed by atoms with Gasteiger partial charge in [-0.3, -0.25) is 0 Å². The van der Waals surface area contributed by atoms with E-state index in [-0.39, 0.29) is 0 Å². The van der Waals surface area contributed by atoms with Gasteiger partial charge in [-0.05, 0) is 59.9 Å². The van der Waals surface area contributed by atoms with Gasteiger partial charge in [0.05, 0.1) is 5.69 Å². The summed E-state index contributed by atoms with van der Waals surface area (Å²) in [6.07, 6.45) is 0.991. The first-order valence-electron chi connectivity index (χ1n) is 8.52. The summed E-state index contributed by atoms with van der Waals surface area (Å²) in [4.78, 5) is 4.51. The van der Waals surface area contributed by atoms with Crippen LogP contribution in [0.1, 0.15) is 18.1 Å². The van der Waals surface area contributed by atoms with Crippen molar-refractivity contribution in [3.63, 3.8) is 0 Å². The van der Waals surface area contributed by atoms with Crippen LogP contribution in [0, 0.1) is 6.92 Å². The maximum atomic E-state index is 6.09. The number of rotatable bonds is 4. The lowest BCUT2D eigenvalue weighted by Gasteiger charge is -2.09. The largest absolute Gasteiger partial charge is 0.369 e. The van der Waals surface area contributed by atoms with Gasteiger partial charge in [0.25, 0.3) is 0 Å². The van der Waals surface area contributed by atoms with E-state index in [1.165, 1.54) is 16.7 Å². The van der Waals surface area contributed by atoms with E-state index in [4.69, 9.17) is 5.73 Å². The Morgan fingerprint density at radius 3 is 2.56 bits per heavy atom. The molecule has 0 aliphatic carbocycles. The molecule has 3 N–H and O–H groups in total. The molecule has 3 rings (SSSR count). The molecule has 0 unspecified atom stereocenters. The fourth-order valence-corrected chi connectivity index (χ4v) is 2.82. The minimum absolute atomic E-state index is 0.384. The van der Waals surface area contributed by atoms with Crippen molar-refractivity contribution in [2.45, 2.75) is 20.3 Å². The molecular weight excluding hydrogens is 306 g/mol. The highest BCUT2D eigenvalue weighted by atomic mass is 15.1. The zero-order chi connectivity index (χ0) is 17.6. The van der Waals surface area contributed by atoms with Crippen molar-refractivity contribution < 1.29 is 0 Å². The molecule has 0 atom stereocenters. The first-order chi connectivity index (χ1) is 12.2. The maximum absolute atomic E-state index is 6.09. The van der Waals surface area contributed by atoms with Crippen molar-refractivity contribution >= 4 is 17.3 Å². The van der Waals surface area contributed by atoms with Gasteiger partial charge in [0, 0.05) is 5.69 Å². The highest BCUT2D eigenvalue weighted by Gasteiger charge is 2.03. The number of hydrogen-bond acceptors (Lipinski definition) is 1. The van der Waals surface area contributed by atoms with Crippen LogP contribution in [-0.4, -0.2) is 5.96 Å². The summed E-state index contributed by atoms with van der Waals surface area (Å²) in [5.41, 5.74) is 12.7. The van der Waals surface area contributed by atoms with Crippen LogP contribution in [0.3, 0.4) is 0 Å². The lowest BCUT2D eigenvalue weighted by molar-refractivity contribution is 1.14. The molecule has 0 saturated carbocycles. The van der Waals surface area contributed by atoms with E-state index in [9.17, 15) is 0 Å². The SMILES string of the molecule is CCc1cccc(NC(N)=Nc2cccc(-c3ccccc3C)c2)c1. The first-order valence-corrected chi connectivity index (χ1v) is 8.52.